The van der Waals surface area contributed by atoms with E-state index < -0.39 is 17.2 Å². The summed E-state index contributed by atoms with van der Waals surface area (Å²) in [5.41, 5.74) is -0.891. The second kappa shape index (κ2) is 7.91. The summed E-state index contributed by atoms with van der Waals surface area (Å²) in [6.45, 7) is 0.528. The Morgan fingerprint density at radius 2 is 2.00 bits per heavy atom. The standard InChI is InChI=1S/C21H21N7O4/c29-18-10-16(25-21(32)26-18)19(30)24-15-3-2-14-8-13(15)11-27(14)20(31)12-4-6-22-17(9-12)28-7-1-5-23-28/h1,4-7,9-10,13-15H,2-3,8,11H2,(H,24,30)(H2,25,26,29,32). The molecule has 3 aromatic heterocycles. The Balaban J connectivity index is 1.29. The van der Waals surface area contributed by atoms with E-state index in [1.54, 1.807) is 41.5 Å². The Labute approximate surface area is 181 Å². The van der Waals surface area contributed by atoms with E-state index in [2.05, 4.69) is 20.4 Å². The molecule has 11 nitrogen and oxygen atoms in total. The number of H-pyrrole nitrogens is 2. The summed E-state index contributed by atoms with van der Waals surface area (Å²) < 4.78 is 1.60. The average Bonchev–Trinajstić information content (AvgIpc) is 3.43. The van der Waals surface area contributed by atoms with E-state index in [4.69, 9.17) is 0 Å². The van der Waals surface area contributed by atoms with Gasteiger partial charge in [0.1, 0.15) is 5.69 Å². The monoisotopic (exact) mass is 435 g/mol. The number of pyridine rings is 1. The Morgan fingerprint density at radius 1 is 1.12 bits per heavy atom. The SMILES string of the molecule is O=C(NC1CCC2CC1CN2C(=O)c1ccnc(-n2cccn2)c1)c1cc(=O)[nH]c(=O)[nH]1. The number of rotatable bonds is 4. The fourth-order valence-electron chi connectivity index (χ4n) is 4.65. The maximum Gasteiger partial charge on any atom is 0.326 e. The number of nitrogens with zero attached hydrogens (tertiary/aromatic N) is 4. The van der Waals surface area contributed by atoms with Gasteiger partial charge in [0.25, 0.3) is 17.4 Å². The zero-order valence-corrected chi connectivity index (χ0v) is 17.0. The van der Waals surface area contributed by atoms with Crippen LogP contribution in [-0.4, -0.2) is 60.1 Å². The van der Waals surface area contributed by atoms with Crippen molar-refractivity contribution in [3.05, 3.63) is 75.0 Å². The van der Waals surface area contributed by atoms with Gasteiger partial charge in [-0.15, -0.1) is 0 Å². The summed E-state index contributed by atoms with van der Waals surface area (Å²) in [5.74, 6) is 0.0985. The molecule has 1 aliphatic carbocycles. The number of fused-ring (bicyclic) bond motifs is 2. The lowest BCUT2D eigenvalue weighted by molar-refractivity contribution is 0.0732. The summed E-state index contributed by atoms with van der Waals surface area (Å²) in [6.07, 6.45) is 7.27. The highest BCUT2D eigenvalue weighted by molar-refractivity contribution is 5.95. The predicted molar refractivity (Wildman–Crippen MR) is 112 cm³/mol. The Morgan fingerprint density at radius 3 is 2.78 bits per heavy atom. The Bertz CT molecular complexity index is 1250. The van der Waals surface area contributed by atoms with E-state index in [0.29, 0.717) is 24.3 Å². The fraction of sp³-hybridized carbons (Fsp3) is 0.333. The van der Waals surface area contributed by atoms with Crippen molar-refractivity contribution in [1.29, 1.82) is 0 Å². The number of carbonyl (C=O) groups excluding carboxylic acids is 2. The first-order valence-electron chi connectivity index (χ1n) is 10.4. The molecule has 2 fully saturated rings. The van der Waals surface area contributed by atoms with Crippen molar-refractivity contribution in [2.24, 2.45) is 5.92 Å². The molecule has 1 saturated heterocycles. The number of aromatic amines is 2. The highest BCUT2D eigenvalue weighted by Crippen LogP contribution is 2.36. The van der Waals surface area contributed by atoms with Crippen LogP contribution in [0.3, 0.4) is 0 Å². The molecule has 164 valence electrons. The van der Waals surface area contributed by atoms with Crippen LogP contribution in [0.1, 0.15) is 40.1 Å². The number of likely N-dealkylation sites (tertiary alicyclic amines) is 1. The number of nitrogens with one attached hydrogen (secondary N) is 3. The lowest BCUT2D eigenvalue weighted by atomic mass is 9.85. The highest BCUT2D eigenvalue weighted by Gasteiger charge is 2.43. The molecular weight excluding hydrogens is 414 g/mol. The van der Waals surface area contributed by atoms with Crippen molar-refractivity contribution in [2.75, 3.05) is 6.54 Å². The molecular formula is C21H21N7O4. The summed E-state index contributed by atoms with van der Waals surface area (Å²) in [4.78, 5) is 59.2. The van der Waals surface area contributed by atoms with Gasteiger partial charge in [0.05, 0.1) is 0 Å². The number of hydrogen-bond acceptors (Lipinski definition) is 6. The number of aromatic nitrogens is 5. The van der Waals surface area contributed by atoms with Gasteiger partial charge in [-0.25, -0.2) is 14.5 Å². The minimum absolute atomic E-state index is 0.0702. The van der Waals surface area contributed by atoms with Crippen molar-refractivity contribution >= 4 is 11.8 Å². The second-order valence-electron chi connectivity index (χ2n) is 8.12. The highest BCUT2D eigenvalue weighted by atomic mass is 16.2. The molecule has 3 atom stereocenters. The third-order valence-corrected chi connectivity index (χ3v) is 6.14. The molecule has 2 aliphatic rings. The summed E-state index contributed by atoms with van der Waals surface area (Å²) in [6, 6.07) is 6.24. The van der Waals surface area contributed by atoms with Gasteiger partial charge in [-0.2, -0.15) is 5.10 Å². The van der Waals surface area contributed by atoms with Crippen molar-refractivity contribution < 1.29 is 9.59 Å². The molecule has 1 saturated carbocycles. The average molecular weight is 435 g/mol. The van der Waals surface area contributed by atoms with Gasteiger partial charge in [-0.05, 0) is 43.4 Å². The van der Waals surface area contributed by atoms with Gasteiger partial charge in [-0.3, -0.25) is 19.4 Å². The van der Waals surface area contributed by atoms with Crippen LogP contribution in [0.5, 0.6) is 0 Å². The first-order chi connectivity index (χ1) is 15.5. The Hall–Kier alpha value is -4.02. The molecule has 11 heteroatoms. The Kier molecular flexibility index (Phi) is 4.92. The van der Waals surface area contributed by atoms with E-state index >= 15 is 0 Å². The van der Waals surface area contributed by atoms with Crippen LogP contribution in [0, 0.1) is 5.92 Å². The third-order valence-electron chi connectivity index (χ3n) is 6.14. The quantitative estimate of drug-likeness (QED) is 0.529. The van der Waals surface area contributed by atoms with Gasteiger partial charge >= 0.3 is 5.69 Å². The topological polar surface area (TPSA) is 146 Å². The summed E-state index contributed by atoms with van der Waals surface area (Å²) in [7, 11) is 0. The molecule has 1 aliphatic heterocycles. The van der Waals surface area contributed by atoms with Crippen molar-refractivity contribution in [3.8, 4) is 5.82 Å². The molecule has 4 heterocycles. The number of amides is 2. The molecule has 0 aromatic carbocycles. The maximum absolute atomic E-state index is 13.2. The third kappa shape index (κ3) is 3.72. The lowest BCUT2D eigenvalue weighted by Gasteiger charge is -2.29. The van der Waals surface area contributed by atoms with E-state index in [1.807, 2.05) is 9.88 Å². The lowest BCUT2D eigenvalue weighted by Crippen LogP contribution is -2.43. The zero-order valence-electron chi connectivity index (χ0n) is 17.0. The molecule has 0 spiro atoms. The first-order valence-corrected chi connectivity index (χ1v) is 10.4. The summed E-state index contributed by atoms with van der Waals surface area (Å²) >= 11 is 0. The van der Waals surface area contributed by atoms with Crippen LogP contribution in [0.25, 0.3) is 5.82 Å². The van der Waals surface area contributed by atoms with E-state index in [-0.39, 0.29) is 29.6 Å². The van der Waals surface area contributed by atoms with Gasteiger partial charge in [0, 0.05) is 48.8 Å². The number of hydrogen-bond donors (Lipinski definition) is 3. The minimum atomic E-state index is -0.726. The molecule has 0 radical (unpaired) electrons. The zero-order chi connectivity index (χ0) is 22.2. The van der Waals surface area contributed by atoms with Crippen LogP contribution < -0.4 is 16.6 Å². The molecule has 3 aromatic rings. The van der Waals surface area contributed by atoms with Crippen molar-refractivity contribution in [1.82, 2.24) is 34.9 Å². The van der Waals surface area contributed by atoms with E-state index in [9.17, 15) is 19.2 Å². The maximum atomic E-state index is 13.2. The second-order valence-corrected chi connectivity index (χ2v) is 8.12. The molecule has 2 bridgehead atoms. The van der Waals surface area contributed by atoms with Crippen molar-refractivity contribution in [3.63, 3.8) is 0 Å². The van der Waals surface area contributed by atoms with Crippen LogP contribution in [0.15, 0.2) is 52.4 Å². The van der Waals surface area contributed by atoms with Gasteiger partial charge in [-0.1, -0.05) is 0 Å². The fourth-order valence-corrected chi connectivity index (χ4v) is 4.65. The van der Waals surface area contributed by atoms with Crippen LogP contribution in [0.4, 0.5) is 0 Å². The van der Waals surface area contributed by atoms with Crippen molar-refractivity contribution in [2.45, 2.75) is 31.3 Å². The van der Waals surface area contributed by atoms with Crippen LogP contribution in [0.2, 0.25) is 0 Å². The van der Waals surface area contributed by atoms with E-state index in [1.165, 1.54) is 0 Å². The smallest absolute Gasteiger partial charge is 0.326 e. The molecule has 5 rings (SSSR count). The van der Waals surface area contributed by atoms with Crippen LogP contribution >= 0.6 is 0 Å². The van der Waals surface area contributed by atoms with E-state index in [0.717, 1.165) is 18.9 Å². The first kappa shape index (κ1) is 19.9. The number of carbonyl (C=O) groups is 2. The predicted octanol–water partition coefficient (Wildman–Crippen LogP) is 0.0670. The normalized spacial score (nSPS) is 22.0. The van der Waals surface area contributed by atoms with Gasteiger partial charge < -0.3 is 15.2 Å². The molecule has 3 unspecified atom stereocenters. The minimum Gasteiger partial charge on any atom is -0.348 e. The molecule has 2 amide bonds. The largest absolute Gasteiger partial charge is 0.348 e. The molecule has 32 heavy (non-hydrogen) atoms. The summed E-state index contributed by atoms with van der Waals surface area (Å²) in [5, 5.41) is 7.08. The van der Waals surface area contributed by atoms with Crippen LogP contribution in [-0.2, 0) is 0 Å². The molecule has 3 N–H and O–H groups in total. The van der Waals surface area contributed by atoms with Gasteiger partial charge in [0.2, 0.25) is 0 Å². The van der Waals surface area contributed by atoms with Gasteiger partial charge in [0.15, 0.2) is 5.82 Å².